The molecule has 4 nitrogen and oxygen atoms in total. The molecule has 0 aliphatic carbocycles. The minimum atomic E-state index is -3.61. The second-order valence-corrected chi connectivity index (χ2v) is 5.97. The largest absolute Gasteiger partial charge is 0.860 e. The van der Waals surface area contributed by atoms with Crippen molar-refractivity contribution in [2.24, 2.45) is 0 Å². The molecule has 1 aromatic carbocycles. The van der Waals surface area contributed by atoms with Crippen molar-refractivity contribution in [1.29, 1.82) is 0 Å². The van der Waals surface area contributed by atoms with E-state index in [1.54, 1.807) is 0 Å². The van der Waals surface area contributed by atoms with Gasteiger partial charge in [0.25, 0.3) is 0 Å². The summed E-state index contributed by atoms with van der Waals surface area (Å²) in [6.07, 6.45) is 0. The third-order valence-electron chi connectivity index (χ3n) is 2.12. The van der Waals surface area contributed by atoms with Gasteiger partial charge in [0.1, 0.15) is 0 Å². The molecule has 2 rings (SSSR count). The van der Waals surface area contributed by atoms with Crippen LogP contribution in [0.4, 0.5) is 0 Å². The van der Waals surface area contributed by atoms with Crippen molar-refractivity contribution >= 4 is 33.0 Å². The second kappa shape index (κ2) is 3.84. The molecule has 0 saturated carbocycles. The Balaban J connectivity index is 2.44. The van der Waals surface area contributed by atoms with Crippen molar-refractivity contribution in [1.82, 2.24) is 5.32 Å². The van der Waals surface area contributed by atoms with Gasteiger partial charge in [-0.15, -0.1) is 0 Å². The number of rotatable bonds is 1. The van der Waals surface area contributed by atoms with Gasteiger partial charge in [-0.3, -0.25) is 0 Å². The lowest BCUT2D eigenvalue weighted by atomic mass is 10.2. The molecular formula is C9H6Cl2NO3S-. The smallest absolute Gasteiger partial charge is 0.197 e. The molecule has 0 saturated heterocycles. The maximum atomic E-state index is 11.6. The van der Waals surface area contributed by atoms with Crippen LogP contribution in [0.15, 0.2) is 29.5 Å². The summed E-state index contributed by atoms with van der Waals surface area (Å²) >= 11 is 11.5. The van der Waals surface area contributed by atoms with Crippen LogP contribution < -0.4 is 10.4 Å². The lowest BCUT2D eigenvalue weighted by Crippen LogP contribution is -2.24. The van der Waals surface area contributed by atoms with Gasteiger partial charge in [0.2, 0.25) is 0 Å². The van der Waals surface area contributed by atoms with E-state index >= 15 is 0 Å². The van der Waals surface area contributed by atoms with E-state index in [4.69, 9.17) is 23.2 Å². The van der Waals surface area contributed by atoms with Crippen LogP contribution in [0.3, 0.4) is 0 Å². The van der Waals surface area contributed by atoms with Gasteiger partial charge >= 0.3 is 0 Å². The summed E-state index contributed by atoms with van der Waals surface area (Å²) in [5.41, 5.74) is 0.386. The third-order valence-corrected chi connectivity index (χ3v) is 4.45. The highest BCUT2D eigenvalue weighted by Gasteiger charge is 2.29. The summed E-state index contributed by atoms with van der Waals surface area (Å²) in [7, 11) is -3.61. The summed E-state index contributed by atoms with van der Waals surface area (Å²) in [5.74, 6) is -0.629. The van der Waals surface area contributed by atoms with Crippen molar-refractivity contribution in [3.05, 3.63) is 45.1 Å². The molecule has 0 aromatic heterocycles. The van der Waals surface area contributed by atoms with E-state index in [0.29, 0.717) is 16.0 Å². The van der Waals surface area contributed by atoms with Crippen LogP contribution in [0.5, 0.6) is 0 Å². The molecule has 1 N–H and O–H groups in total. The summed E-state index contributed by atoms with van der Waals surface area (Å²) in [5, 5.41) is 13.5. The number of halogens is 2. The van der Waals surface area contributed by atoms with Gasteiger partial charge in [-0.2, -0.15) is 0 Å². The fraction of sp³-hybridized carbons (Fsp3) is 0.111. The summed E-state index contributed by atoms with van der Waals surface area (Å²) < 4.78 is 23.1. The molecule has 1 aliphatic rings. The molecule has 0 bridgehead atoms. The van der Waals surface area contributed by atoms with Gasteiger partial charge in [-0.05, 0) is 23.6 Å². The minimum absolute atomic E-state index is 0.246. The van der Waals surface area contributed by atoms with Crippen molar-refractivity contribution in [2.45, 2.75) is 5.37 Å². The highest BCUT2D eigenvalue weighted by molar-refractivity contribution is 7.94. The van der Waals surface area contributed by atoms with Crippen LogP contribution in [-0.4, -0.2) is 8.42 Å². The second-order valence-electron chi connectivity index (χ2n) is 3.27. The van der Waals surface area contributed by atoms with E-state index in [0.717, 1.165) is 0 Å². The summed E-state index contributed by atoms with van der Waals surface area (Å²) in [6, 6.07) is 4.42. The van der Waals surface area contributed by atoms with E-state index < -0.39 is 21.1 Å². The zero-order valence-corrected chi connectivity index (χ0v) is 10.1. The van der Waals surface area contributed by atoms with E-state index in [1.165, 1.54) is 18.2 Å². The highest BCUT2D eigenvalue weighted by Crippen LogP contribution is 2.31. The van der Waals surface area contributed by atoms with Crippen molar-refractivity contribution < 1.29 is 13.5 Å². The number of hydrogen-bond acceptors (Lipinski definition) is 4. The molecule has 1 atom stereocenters. The first-order chi connectivity index (χ1) is 7.40. The van der Waals surface area contributed by atoms with Crippen LogP contribution in [0.2, 0.25) is 10.0 Å². The minimum Gasteiger partial charge on any atom is -0.860 e. The van der Waals surface area contributed by atoms with Gasteiger partial charge in [0, 0.05) is 5.41 Å². The topological polar surface area (TPSA) is 69.2 Å². The molecule has 0 amide bonds. The summed E-state index contributed by atoms with van der Waals surface area (Å²) in [6.45, 7) is 0. The van der Waals surface area contributed by atoms with E-state index in [1.807, 2.05) is 0 Å². The quantitative estimate of drug-likeness (QED) is 0.837. The fourth-order valence-electron chi connectivity index (χ4n) is 1.41. The lowest BCUT2D eigenvalue weighted by molar-refractivity contribution is -0.311. The molecule has 86 valence electrons. The predicted octanol–water partition coefficient (Wildman–Crippen LogP) is 1.17. The van der Waals surface area contributed by atoms with Crippen molar-refractivity contribution in [3.63, 3.8) is 0 Å². The molecule has 7 heteroatoms. The van der Waals surface area contributed by atoms with Crippen LogP contribution in [0.25, 0.3) is 0 Å². The molecule has 1 aromatic rings. The lowest BCUT2D eigenvalue weighted by Gasteiger charge is -2.15. The van der Waals surface area contributed by atoms with E-state index in [9.17, 15) is 13.5 Å². The van der Waals surface area contributed by atoms with Gasteiger partial charge in [0.15, 0.2) is 15.2 Å². The molecule has 16 heavy (non-hydrogen) atoms. The number of benzene rings is 1. The van der Waals surface area contributed by atoms with Gasteiger partial charge in [-0.1, -0.05) is 29.3 Å². The molecule has 1 heterocycles. The maximum absolute atomic E-state index is 11.6. The average molecular weight is 279 g/mol. The molecular weight excluding hydrogens is 273 g/mol. The first-order valence-corrected chi connectivity index (χ1v) is 6.61. The Kier molecular flexibility index (Phi) is 2.77. The normalized spacial score (nSPS) is 22.6. The molecule has 0 radical (unpaired) electrons. The first-order valence-electron chi connectivity index (χ1n) is 4.24. The fourth-order valence-corrected chi connectivity index (χ4v) is 3.03. The number of hydrogen-bond donors (Lipinski definition) is 1. The van der Waals surface area contributed by atoms with Crippen LogP contribution in [-0.2, 0) is 9.84 Å². The Morgan fingerprint density at radius 1 is 1.25 bits per heavy atom. The average Bonchev–Trinajstić information content (AvgIpc) is 2.44. The monoisotopic (exact) mass is 278 g/mol. The van der Waals surface area contributed by atoms with E-state index in [-0.39, 0.29) is 5.02 Å². The molecule has 0 fully saturated rings. The standard InChI is InChI=1S/C9H7Cl2NO3S/c10-6-2-1-5(3-7(6)11)9-12-8(13)4-16(9,14)15/h1-4,9,12-13H/p-1. The van der Waals surface area contributed by atoms with Crippen LogP contribution >= 0.6 is 23.2 Å². The molecule has 0 spiro atoms. The maximum Gasteiger partial charge on any atom is 0.197 e. The van der Waals surface area contributed by atoms with Gasteiger partial charge in [-0.25, -0.2) is 8.42 Å². The Bertz CT molecular complexity index is 568. The molecule has 1 unspecified atom stereocenters. The van der Waals surface area contributed by atoms with Crippen LogP contribution in [0, 0.1) is 0 Å². The number of nitrogens with one attached hydrogen (secondary N) is 1. The Labute approximate surface area is 102 Å². The first kappa shape index (κ1) is 11.6. The van der Waals surface area contributed by atoms with E-state index in [2.05, 4.69) is 5.32 Å². The Hall–Kier alpha value is -0.910. The zero-order chi connectivity index (χ0) is 11.9. The third kappa shape index (κ3) is 1.98. The van der Waals surface area contributed by atoms with Gasteiger partial charge in [0.05, 0.1) is 10.0 Å². The van der Waals surface area contributed by atoms with Gasteiger partial charge < -0.3 is 10.4 Å². The van der Waals surface area contributed by atoms with Crippen LogP contribution in [0.1, 0.15) is 10.9 Å². The SMILES string of the molecule is O=S1(=O)C=C([O-])NC1c1ccc(Cl)c(Cl)c1. The molecule has 1 aliphatic heterocycles. The highest BCUT2D eigenvalue weighted by atomic mass is 35.5. The predicted molar refractivity (Wildman–Crippen MR) is 59.3 cm³/mol. The number of sulfone groups is 1. The zero-order valence-electron chi connectivity index (χ0n) is 7.78. The van der Waals surface area contributed by atoms with Crippen molar-refractivity contribution in [2.75, 3.05) is 0 Å². The Morgan fingerprint density at radius 2 is 1.94 bits per heavy atom. The van der Waals surface area contributed by atoms with Crippen molar-refractivity contribution in [3.8, 4) is 0 Å². The Morgan fingerprint density at radius 3 is 2.44 bits per heavy atom. The summed E-state index contributed by atoms with van der Waals surface area (Å²) in [4.78, 5) is 0.